The van der Waals surface area contributed by atoms with Crippen LogP contribution in [0.15, 0.2) is 251 Å². The number of fused-ring (bicyclic) bond motifs is 9. The van der Waals surface area contributed by atoms with E-state index in [0.717, 1.165) is 192 Å². The summed E-state index contributed by atoms with van der Waals surface area (Å²) in [4.78, 5) is 40.9. The van der Waals surface area contributed by atoms with Gasteiger partial charge in [0.1, 0.15) is 0 Å². The molecule has 12 heterocycles. The maximum atomic E-state index is 8.96. The summed E-state index contributed by atoms with van der Waals surface area (Å²) in [6.07, 6.45) is 16.5. The SMILES string of the molecule is [2H]C([2H])([2H])c1ccc2c(n1)oc1c(-c3cc(C([2H])([2H])C4CCCC4)ccn3)[c-]ccc12.[2H]C([2H])(c1cc(-c2[c-]cccc2)ncc1[Si](C)(C)C)C(C)C.[2H]C([2H])(c1cc(-c2[c-]cccc2)ncc1[Si](C)(C)C)C(C)C.[2H]C([2H])(c1cc(-c2[c-]cccc2)ncc1[Si](C)(C)C)C(C)C.[2H]C([2H])(c1ccc2c(n1)oc1c(-c3cc(C([2H])(C)C(C)C)ccn3)[c-]ccc12)C(C)C.[2H]C1(c2ccc3c(n2)oc2c(-c4cc(C([2H])([2H])C5CCCCC5)ccn4)[c-]ccc23)CCCCC1.[Ir].[Ir].[Ir]. The van der Waals surface area contributed by atoms with Crippen molar-refractivity contribution >= 4 is 106 Å². The van der Waals surface area contributed by atoms with Gasteiger partial charge in [0, 0.05) is 160 Å². The van der Waals surface area contributed by atoms with Crippen molar-refractivity contribution in [2.24, 2.45) is 41.4 Å². The minimum atomic E-state index is -2.32. The molecule has 783 valence electrons. The Morgan fingerprint density at radius 1 is 0.356 bits per heavy atom. The topological polar surface area (TPSA) is 155 Å². The fourth-order valence-electron chi connectivity index (χ4n) is 19.0. The number of furan rings is 3. The Morgan fingerprint density at radius 2 is 0.718 bits per heavy atom. The molecular weight excluding hydrogens is 2410 g/mol. The van der Waals surface area contributed by atoms with Gasteiger partial charge >= 0.3 is 0 Å². The van der Waals surface area contributed by atoms with Crippen LogP contribution < -0.4 is 15.6 Å². The first-order chi connectivity index (χ1) is 76.6. The molecule has 1 unspecified atom stereocenters. The van der Waals surface area contributed by atoms with Crippen molar-refractivity contribution in [2.45, 2.75) is 282 Å². The summed E-state index contributed by atoms with van der Waals surface area (Å²) in [6.45, 7) is 39.1. The second-order valence-electron chi connectivity index (χ2n) is 43.3. The number of hydrogen-bond donors (Lipinski definition) is 0. The van der Waals surface area contributed by atoms with Crippen LogP contribution in [0.2, 0.25) is 58.9 Å². The molecule has 3 radical (unpaired) electrons. The van der Waals surface area contributed by atoms with E-state index in [-0.39, 0.29) is 113 Å². The van der Waals surface area contributed by atoms with Crippen molar-refractivity contribution in [3.8, 4) is 67.5 Å². The van der Waals surface area contributed by atoms with Crippen molar-refractivity contribution in [3.63, 3.8) is 0 Å². The van der Waals surface area contributed by atoms with Crippen LogP contribution in [-0.4, -0.2) is 69.1 Å². The van der Waals surface area contributed by atoms with Gasteiger partial charge in [0.15, 0.2) is 0 Å². The van der Waals surface area contributed by atoms with Crippen LogP contribution in [0.3, 0.4) is 0 Å². The summed E-state index contributed by atoms with van der Waals surface area (Å²) >= 11 is 0. The molecule has 18 aromatic rings. The van der Waals surface area contributed by atoms with Crippen LogP contribution in [0, 0.1) is 84.7 Å². The van der Waals surface area contributed by atoms with Crippen LogP contribution in [0.1, 0.15) is 252 Å². The normalized spacial score (nSPS) is 16.7. The Morgan fingerprint density at radius 3 is 1.09 bits per heavy atom. The number of nitrogens with zero attached hydrogens (tertiary/aromatic N) is 9. The van der Waals surface area contributed by atoms with Crippen LogP contribution >= 0.6 is 0 Å². The molecular formula is C131H151Ir3N9O3Si3-6. The predicted molar refractivity (Wildman–Crippen MR) is 619 cm³/mol. The molecule has 12 nitrogen and oxygen atoms in total. The molecule has 0 aliphatic heterocycles. The molecule has 3 aliphatic carbocycles. The number of rotatable bonds is 24. The smallest absolute Gasteiger partial charge is 0.216 e. The van der Waals surface area contributed by atoms with Crippen molar-refractivity contribution in [3.05, 3.63) is 324 Å². The van der Waals surface area contributed by atoms with Crippen LogP contribution in [0.4, 0.5) is 0 Å². The van der Waals surface area contributed by atoms with Gasteiger partial charge in [0.25, 0.3) is 0 Å². The average molecular weight is 2580 g/mol. The second-order valence-corrected chi connectivity index (χ2v) is 58.4. The Kier molecular flexibility index (Phi) is 33.4. The van der Waals surface area contributed by atoms with E-state index in [0.29, 0.717) is 73.2 Å². The molecule has 149 heavy (non-hydrogen) atoms. The Hall–Kier alpha value is -10.3. The first kappa shape index (κ1) is 93.5. The van der Waals surface area contributed by atoms with E-state index in [1.165, 1.54) is 18.9 Å². The molecule has 0 saturated heterocycles. The van der Waals surface area contributed by atoms with E-state index in [2.05, 4.69) is 135 Å². The molecule has 0 amide bonds. The van der Waals surface area contributed by atoms with Gasteiger partial charge in [-0.25, -0.2) is 15.0 Å². The van der Waals surface area contributed by atoms with Gasteiger partial charge < -0.3 is 43.2 Å². The standard InChI is InChI=1S/C29H31N2O.C25H27N2O.C23H21N2O.3C18H24NSi.3Ir/c1-3-8-20(9-4-1)18-21-16-17-30-27(19-21)25-13-7-12-23-24-14-15-26(22-10-5-2-6-11-22)31-29(24)32-28(23)25;1-15(2)13-19-9-10-21-20-7-6-8-22(24(20)28-25(21)27-19)23-14-18(11-12-26-23)17(5)16(3)4;1-15-9-10-19-18-7-4-8-20(22(18)26-23(19)25-15)21-14-17(11-12-24-21)13-16-5-2-3-6-16;3*1-14(2)11-16-12-17(15-9-7-6-8-10-15)19-13-18(16)20(3,4)5;;;/h7,12,14-17,19-20,22H,1-6,8-11,18H2;6-7,9-12,14-17H,13H2,1-5H3;4,7,9-12,14,16H,2-3,5-6,13H2,1H3;3*6-9,12-14H,11H2,1-5H3;;;/q6*-1;;;/i18D2,22D;13D2,17D;1D3,13D2;3*11D2;;;. The average Bonchev–Trinajstić information content (AvgIpc) is 1.61. The minimum absolute atomic E-state index is 0. The number of aryl methyl sites for hydroxylation is 1. The summed E-state index contributed by atoms with van der Waals surface area (Å²) in [5.74, 6) is -1.65. The van der Waals surface area contributed by atoms with E-state index in [1.54, 1.807) is 48.9 Å². The number of benzene rings is 6. The fraction of sp³-hybridized carbons (Fsp3) is 0.382. The third kappa shape index (κ3) is 30.4. The van der Waals surface area contributed by atoms with Crippen LogP contribution in [0.5, 0.6) is 0 Å². The number of aromatic nitrogens is 9. The molecule has 0 bridgehead atoms. The summed E-state index contributed by atoms with van der Waals surface area (Å²) < 4.78 is 162. The Labute approximate surface area is 955 Å². The van der Waals surface area contributed by atoms with Crippen molar-refractivity contribution in [1.29, 1.82) is 0 Å². The maximum Gasteiger partial charge on any atom is 0.216 e. The van der Waals surface area contributed by atoms with E-state index < -0.39 is 81.1 Å². The first-order valence-electron chi connectivity index (χ1n) is 60.7. The summed E-state index contributed by atoms with van der Waals surface area (Å²) in [7, 11) is -5.01. The van der Waals surface area contributed by atoms with Crippen molar-refractivity contribution < 1.29 is 96.9 Å². The molecule has 3 saturated carbocycles. The zero-order valence-electron chi connectivity index (χ0n) is 107. The van der Waals surface area contributed by atoms with Gasteiger partial charge in [-0.15, -0.1) is 162 Å². The number of pyridine rings is 9. The van der Waals surface area contributed by atoms with Crippen LogP contribution in [-0.2, 0) is 98.6 Å². The molecule has 12 aromatic heterocycles. The van der Waals surface area contributed by atoms with E-state index >= 15 is 0 Å². The second kappa shape index (κ2) is 53.3. The number of hydrogen-bond acceptors (Lipinski definition) is 12. The summed E-state index contributed by atoms with van der Waals surface area (Å²) in [5, 5.41) is 8.40. The van der Waals surface area contributed by atoms with Crippen molar-refractivity contribution in [2.75, 3.05) is 0 Å². The van der Waals surface area contributed by atoms with E-state index in [4.69, 9.17) is 41.5 Å². The zero-order chi connectivity index (χ0) is 118. The van der Waals surface area contributed by atoms with Gasteiger partial charge in [-0.05, 0) is 210 Å². The third-order valence-corrected chi connectivity index (χ3v) is 32.7. The van der Waals surface area contributed by atoms with E-state index in [1.807, 2.05) is 259 Å². The molecule has 6 aromatic carbocycles. The Bertz CT molecular complexity index is 8010. The minimum Gasteiger partial charge on any atom is -0.486 e. The van der Waals surface area contributed by atoms with Gasteiger partial charge in [0.05, 0.1) is 41.0 Å². The van der Waals surface area contributed by atoms with Gasteiger partial charge in [0.2, 0.25) is 17.1 Å². The predicted octanol–water partition coefficient (Wildman–Crippen LogP) is 33.6. The van der Waals surface area contributed by atoms with Crippen LogP contribution in [0.25, 0.3) is 134 Å². The largest absolute Gasteiger partial charge is 0.486 e. The molecule has 0 N–H and O–H groups in total. The molecule has 3 fully saturated rings. The fourth-order valence-corrected chi connectivity index (χ4v) is 23.3. The molecule has 21 rings (SSSR count). The van der Waals surface area contributed by atoms with Crippen molar-refractivity contribution in [1.82, 2.24) is 44.9 Å². The third-order valence-electron chi connectivity index (χ3n) is 26.6. The Balaban J connectivity index is 0.000000165. The molecule has 18 heteroatoms. The molecule has 0 spiro atoms. The summed E-state index contributed by atoms with van der Waals surface area (Å²) in [6, 6.07) is 81.2. The van der Waals surface area contributed by atoms with Gasteiger partial charge in [-0.1, -0.05) is 315 Å². The molecule has 3 aliphatic rings. The monoisotopic (exact) mass is 2580 g/mol. The quantitative estimate of drug-likeness (QED) is 0.0417. The van der Waals surface area contributed by atoms with Gasteiger partial charge in [-0.3, -0.25) is 0 Å². The van der Waals surface area contributed by atoms with E-state index in [9.17, 15) is 0 Å². The van der Waals surface area contributed by atoms with Gasteiger partial charge in [-0.2, -0.15) is 0 Å². The summed E-state index contributed by atoms with van der Waals surface area (Å²) in [5.41, 5.74) is 17.8. The molecule has 1 atom stereocenters. The first-order valence-corrected chi connectivity index (χ1v) is 62.7. The maximum absolute atomic E-state index is 8.96. The zero-order valence-corrected chi connectivity index (χ0v) is 99.9.